The first-order chi connectivity index (χ1) is 9.21. The Morgan fingerprint density at radius 1 is 1.32 bits per heavy atom. The summed E-state index contributed by atoms with van der Waals surface area (Å²) in [6.45, 7) is 5.73. The molecule has 0 spiro atoms. The average Bonchev–Trinajstić information content (AvgIpc) is 2.84. The Labute approximate surface area is 120 Å². The molecule has 4 heteroatoms. The molecule has 0 aromatic carbocycles. The summed E-state index contributed by atoms with van der Waals surface area (Å²) in [7, 11) is 0. The predicted octanol–water partition coefficient (Wildman–Crippen LogP) is 3.03. The van der Waals surface area contributed by atoms with Gasteiger partial charge in [-0.15, -0.1) is 11.3 Å². The minimum atomic E-state index is -0.115. The van der Waals surface area contributed by atoms with E-state index in [-0.39, 0.29) is 5.54 Å². The molecule has 0 atom stereocenters. The van der Waals surface area contributed by atoms with Gasteiger partial charge in [-0.2, -0.15) is 0 Å². The summed E-state index contributed by atoms with van der Waals surface area (Å²) >= 11 is 1.89. The number of thiazole rings is 1. The smallest absolute Gasteiger partial charge is 0.113 e. The van der Waals surface area contributed by atoms with Crippen LogP contribution in [0.15, 0.2) is 0 Å². The topological polar surface area (TPSA) is 42.2 Å². The van der Waals surface area contributed by atoms with Crippen LogP contribution >= 0.6 is 11.3 Å². The van der Waals surface area contributed by atoms with Gasteiger partial charge in [0.15, 0.2) is 0 Å². The van der Waals surface area contributed by atoms with Gasteiger partial charge in [-0.1, -0.05) is 26.2 Å². The molecule has 2 heterocycles. The zero-order chi connectivity index (χ0) is 13.3. The summed E-state index contributed by atoms with van der Waals surface area (Å²) in [5.41, 5.74) is 7.84. The van der Waals surface area contributed by atoms with Crippen molar-refractivity contribution in [3.8, 4) is 0 Å². The molecule has 106 valence electrons. The van der Waals surface area contributed by atoms with E-state index in [0.717, 1.165) is 25.8 Å². The van der Waals surface area contributed by atoms with Crippen LogP contribution in [-0.2, 0) is 18.5 Å². The summed E-state index contributed by atoms with van der Waals surface area (Å²) in [5.74, 6) is 0. The monoisotopic (exact) mass is 279 g/mol. The first-order valence-electron chi connectivity index (χ1n) is 7.71. The largest absolute Gasteiger partial charge is 0.319 e. The number of nitrogens with two attached hydrogens (primary N) is 1. The lowest BCUT2D eigenvalue weighted by molar-refractivity contribution is 0.256. The summed E-state index contributed by atoms with van der Waals surface area (Å²) in [6.07, 6.45) is 8.47. The molecule has 1 aliphatic heterocycles. The van der Waals surface area contributed by atoms with Crippen LogP contribution in [0.3, 0.4) is 0 Å². The Balaban J connectivity index is 1.79. The normalized spacial score (nSPS) is 23.3. The van der Waals surface area contributed by atoms with Crippen molar-refractivity contribution in [1.29, 1.82) is 0 Å². The molecule has 0 radical (unpaired) electrons. The maximum absolute atomic E-state index is 6.62. The van der Waals surface area contributed by atoms with Gasteiger partial charge in [0, 0.05) is 24.4 Å². The molecule has 0 unspecified atom stereocenters. The van der Waals surface area contributed by atoms with Crippen LogP contribution in [0.25, 0.3) is 0 Å². The predicted molar refractivity (Wildman–Crippen MR) is 80.3 cm³/mol. The molecular formula is C15H25N3S. The summed E-state index contributed by atoms with van der Waals surface area (Å²) in [6, 6.07) is 0. The van der Waals surface area contributed by atoms with Gasteiger partial charge in [0.2, 0.25) is 0 Å². The number of hydrogen-bond acceptors (Lipinski definition) is 4. The number of rotatable bonds is 3. The fourth-order valence-corrected chi connectivity index (χ4v) is 4.67. The Morgan fingerprint density at radius 2 is 2.11 bits per heavy atom. The Kier molecular flexibility index (Phi) is 3.92. The second-order valence-electron chi connectivity index (χ2n) is 6.13. The Bertz CT molecular complexity index is 435. The van der Waals surface area contributed by atoms with Crippen LogP contribution in [0.4, 0.5) is 0 Å². The van der Waals surface area contributed by atoms with Crippen molar-refractivity contribution in [2.24, 2.45) is 5.73 Å². The molecule has 3 rings (SSSR count). The average molecular weight is 279 g/mol. The fourth-order valence-electron chi connectivity index (χ4n) is 3.36. The van der Waals surface area contributed by atoms with Gasteiger partial charge in [-0.25, -0.2) is 4.98 Å². The second kappa shape index (κ2) is 5.51. The minimum Gasteiger partial charge on any atom is -0.319 e. The number of hydrogen-bond donors (Lipinski definition) is 1. The van der Waals surface area contributed by atoms with Crippen molar-refractivity contribution in [3.63, 3.8) is 0 Å². The summed E-state index contributed by atoms with van der Waals surface area (Å²) in [4.78, 5) is 8.93. The number of fused-ring (bicyclic) bond motifs is 1. The van der Waals surface area contributed by atoms with Crippen molar-refractivity contribution >= 4 is 11.3 Å². The van der Waals surface area contributed by atoms with E-state index in [1.807, 2.05) is 11.3 Å². The first kappa shape index (κ1) is 13.5. The van der Waals surface area contributed by atoms with Gasteiger partial charge in [-0.05, 0) is 25.8 Å². The molecule has 3 nitrogen and oxygen atoms in total. The lowest BCUT2D eigenvalue weighted by Crippen LogP contribution is -2.38. The van der Waals surface area contributed by atoms with Crippen molar-refractivity contribution in [3.05, 3.63) is 15.6 Å². The first-order valence-corrected chi connectivity index (χ1v) is 8.53. The van der Waals surface area contributed by atoms with Crippen LogP contribution in [0.1, 0.15) is 61.0 Å². The van der Waals surface area contributed by atoms with E-state index in [1.54, 1.807) is 0 Å². The standard InChI is InChI=1S/C15H25N3S/c1-2-9-18-10-6-12-13(11-18)19-14(17-12)15(16)7-4-3-5-8-15/h2-11,16H2,1H3. The molecule has 1 aliphatic carbocycles. The highest BCUT2D eigenvalue weighted by Gasteiger charge is 2.34. The van der Waals surface area contributed by atoms with Crippen LogP contribution < -0.4 is 5.73 Å². The SMILES string of the molecule is CCCN1CCc2nc(C3(N)CCCCC3)sc2C1. The number of nitrogens with zero attached hydrogens (tertiary/aromatic N) is 2. The fraction of sp³-hybridized carbons (Fsp3) is 0.800. The Hall–Kier alpha value is -0.450. The third kappa shape index (κ3) is 2.71. The van der Waals surface area contributed by atoms with E-state index in [9.17, 15) is 0 Å². The van der Waals surface area contributed by atoms with Crippen LogP contribution in [-0.4, -0.2) is 23.0 Å². The summed E-state index contributed by atoms with van der Waals surface area (Å²) < 4.78 is 0. The minimum absolute atomic E-state index is 0.115. The van der Waals surface area contributed by atoms with Gasteiger partial charge in [0.05, 0.1) is 11.2 Å². The van der Waals surface area contributed by atoms with E-state index in [0.29, 0.717) is 0 Å². The highest BCUT2D eigenvalue weighted by Crippen LogP contribution is 2.38. The van der Waals surface area contributed by atoms with Crippen LogP contribution in [0.2, 0.25) is 0 Å². The molecule has 2 N–H and O–H groups in total. The van der Waals surface area contributed by atoms with E-state index in [1.165, 1.54) is 54.4 Å². The molecule has 1 saturated carbocycles. The van der Waals surface area contributed by atoms with Gasteiger partial charge in [0.1, 0.15) is 5.01 Å². The van der Waals surface area contributed by atoms with Crippen LogP contribution in [0.5, 0.6) is 0 Å². The molecule has 1 aromatic heterocycles. The molecule has 19 heavy (non-hydrogen) atoms. The maximum Gasteiger partial charge on any atom is 0.113 e. The molecule has 1 fully saturated rings. The van der Waals surface area contributed by atoms with Gasteiger partial charge in [0.25, 0.3) is 0 Å². The van der Waals surface area contributed by atoms with Crippen molar-refractivity contribution in [1.82, 2.24) is 9.88 Å². The van der Waals surface area contributed by atoms with Gasteiger partial charge >= 0.3 is 0 Å². The van der Waals surface area contributed by atoms with Crippen molar-refractivity contribution in [2.45, 2.75) is 64.0 Å². The number of aromatic nitrogens is 1. The highest BCUT2D eigenvalue weighted by atomic mass is 32.1. The summed E-state index contributed by atoms with van der Waals surface area (Å²) in [5, 5.41) is 1.22. The lowest BCUT2D eigenvalue weighted by Gasteiger charge is -2.31. The van der Waals surface area contributed by atoms with E-state index in [4.69, 9.17) is 10.7 Å². The zero-order valence-electron chi connectivity index (χ0n) is 12.0. The molecule has 0 bridgehead atoms. The van der Waals surface area contributed by atoms with Gasteiger partial charge in [-0.3, -0.25) is 4.90 Å². The molecule has 2 aliphatic rings. The molecule has 1 aromatic rings. The van der Waals surface area contributed by atoms with Gasteiger partial charge < -0.3 is 5.73 Å². The Morgan fingerprint density at radius 3 is 2.84 bits per heavy atom. The van der Waals surface area contributed by atoms with E-state index in [2.05, 4.69) is 11.8 Å². The molecule has 0 saturated heterocycles. The van der Waals surface area contributed by atoms with E-state index < -0.39 is 0 Å². The quantitative estimate of drug-likeness (QED) is 0.924. The van der Waals surface area contributed by atoms with E-state index >= 15 is 0 Å². The molecule has 0 amide bonds. The van der Waals surface area contributed by atoms with Crippen molar-refractivity contribution in [2.75, 3.05) is 13.1 Å². The third-order valence-corrected chi connectivity index (χ3v) is 5.82. The molecular weight excluding hydrogens is 254 g/mol. The maximum atomic E-state index is 6.62. The second-order valence-corrected chi connectivity index (χ2v) is 7.22. The zero-order valence-corrected chi connectivity index (χ0v) is 12.8. The van der Waals surface area contributed by atoms with Crippen molar-refractivity contribution < 1.29 is 0 Å². The van der Waals surface area contributed by atoms with Crippen LogP contribution in [0, 0.1) is 0 Å². The third-order valence-electron chi connectivity index (χ3n) is 4.52. The lowest BCUT2D eigenvalue weighted by atomic mass is 9.83. The highest BCUT2D eigenvalue weighted by molar-refractivity contribution is 7.11.